The molecule has 2 aromatic rings. The first kappa shape index (κ1) is 19.3. The molecule has 0 fully saturated rings. The molecule has 3 N–H and O–H groups in total. The van der Waals surface area contributed by atoms with Crippen molar-refractivity contribution in [3.63, 3.8) is 0 Å². The van der Waals surface area contributed by atoms with E-state index in [9.17, 15) is 4.79 Å². The lowest BCUT2D eigenvalue weighted by Gasteiger charge is -2.32. The quantitative estimate of drug-likeness (QED) is 0.604. The summed E-state index contributed by atoms with van der Waals surface area (Å²) in [6, 6.07) is 8.38. The number of rotatable bonds is 7. The first-order valence-corrected chi connectivity index (χ1v) is 9.83. The Kier molecular flexibility index (Phi) is 5.39. The van der Waals surface area contributed by atoms with Crippen LogP contribution in [0.1, 0.15) is 30.5 Å². The number of anilines is 3. The number of hydrogen-bond acceptors (Lipinski definition) is 8. The molecule has 4 rings (SSSR count). The number of ether oxygens (including phenoxy) is 1. The van der Waals surface area contributed by atoms with E-state index in [2.05, 4.69) is 33.1 Å². The lowest BCUT2D eigenvalue weighted by Crippen LogP contribution is -2.36. The van der Waals surface area contributed by atoms with Crippen molar-refractivity contribution in [3.05, 3.63) is 35.4 Å². The number of hydrazine groups is 1. The number of methoxy groups -OCH3 is 1. The van der Waals surface area contributed by atoms with Crippen molar-refractivity contribution in [1.82, 2.24) is 20.7 Å². The summed E-state index contributed by atoms with van der Waals surface area (Å²) in [5, 5.41) is 7.98. The van der Waals surface area contributed by atoms with Crippen LogP contribution in [0.15, 0.2) is 24.3 Å². The number of benzene rings is 1. The highest BCUT2D eigenvalue weighted by molar-refractivity contribution is 5.72. The summed E-state index contributed by atoms with van der Waals surface area (Å²) < 4.78 is 5.26. The van der Waals surface area contributed by atoms with Gasteiger partial charge in [0, 0.05) is 40.2 Å². The van der Waals surface area contributed by atoms with Crippen molar-refractivity contribution in [3.8, 4) is 5.75 Å². The molecule has 1 amide bonds. The molecule has 0 radical (unpaired) electrons. The maximum absolute atomic E-state index is 11.1. The van der Waals surface area contributed by atoms with E-state index in [1.165, 1.54) is 12.5 Å². The second-order valence-corrected chi connectivity index (χ2v) is 7.32. The number of aromatic nitrogens is 2. The lowest BCUT2D eigenvalue weighted by atomic mass is 10.0. The highest BCUT2D eigenvalue weighted by Crippen LogP contribution is 2.42. The van der Waals surface area contributed by atoms with Crippen LogP contribution in [0.2, 0.25) is 0 Å². The Balaban J connectivity index is 1.57. The number of carbonyl (C=O) groups is 1. The Morgan fingerprint density at radius 1 is 1.24 bits per heavy atom. The third-order valence-corrected chi connectivity index (χ3v) is 5.22. The first-order chi connectivity index (χ1) is 14.0. The molecule has 1 aromatic heterocycles. The van der Waals surface area contributed by atoms with Crippen molar-refractivity contribution in [2.75, 3.05) is 49.0 Å². The Hall–Kier alpha value is -3.07. The summed E-state index contributed by atoms with van der Waals surface area (Å²) >= 11 is 0. The van der Waals surface area contributed by atoms with Crippen LogP contribution in [0, 0.1) is 0 Å². The van der Waals surface area contributed by atoms with Gasteiger partial charge in [-0.25, -0.2) is 5.43 Å². The fourth-order valence-corrected chi connectivity index (χ4v) is 3.81. The van der Waals surface area contributed by atoms with Gasteiger partial charge in [0.25, 0.3) is 0 Å². The third kappa shape index (κ3) is 4.04. The summed E-state index contributed by atoms with van der Waals surface area (Å²) in [6.45, 7) is 4.28. The molecule has 2 aliphatic rings. The Morgan fingerprint density at radius 2 is 2.00 bits per heavy atom. The topological polar surface area (TPSA) is 94.6 Å². The minimum Gasteiger partial charge on any atom is -0.497 e. The fourth-order valence-electron chi connectivity index (χ4n) is 3.81. The van der Waals surface area contributed by atoms with E-state index < -0.39 is 0 Å². The van der Waals surface area contributed by atoms with Crippen LogP contribution < -0.4 is 30.7 Å². The monoisotopic (exact) mass is 397 g/mol. The van der Waals surface area contributed by atoms with Gasteiger partial charge in [0.1, 0.15) is 11.6 Å². The van der Waals surface area contributed by atoms with Crippen molar-refractivity contribution in [2.45, 2.75) is 25.9 Å². The van der Waals surface area contributed by atoms with Gasteiger partial charge < -0.3 is 20.3 Å². The van der Waals surface area contributed by atoms with Crippen LogP contribution in [0.5, 0.6) is 5.75 Å². The van der Waals surface area contributed by atoms with Crippen LogP contribution in [0.3, 0.4) is 0 Å². The van der Waals surface area contributed by atoms with E-state index in [4.69, 9.17) is 14.7 Å². The summed E-state index contributed by atoms with van der Waals surface area (Å²) in [7, 11) is 3.66. The Labute approximate surface area is 170 Å². The average Bonchev–Trinajstić information content (AvgIpc) is 3.04. The van der Waals surface area contributed by atoms with Gasteiger partial charge in [0.15, 0.2) is 5.82 Å². The zero-order valence-electron chi connectivity index (χ0n) is 17.0. The molecule has 29 heavy (non-hydrogen) atoms. The molecule has 0 saturated carbocycles. The normalized spacial score (nSPS) is 17.1. The van der Waals surface area contributed by atoms with Crippen LogP contribution in [-0.2, 0) is 11.3 Å². The summed E-state index contributed by atoms with van der Waals surface area (Å²) in [5.74, 6) is 3.24. The van der Waals surface area contributed by atoms with E-state index in [-0.39, 0.29) is 11.9 Å². The van der Waals surface area contributed by atoms with Gasteiger partial charge >= 0.3 is 0 Å². The highest BCUT2D eigenvalue weighted by Gasteiger charge is 2.37. The molecule has 0 bridgehead atoms. The Morgan fingerprint density at radius 3 is 2.72 bits per heavy atom. The maximum atomic E-state index is 11.1. The smallest absolute Gasteiger partial charge is 0.226 e. The van der Waals surface area contributed by atoms with Gasteiger partial charge in [-0.3, -0.25) is 9.80 Å². The van der Waals surface area contributed by atoms with E-state index in [1.54, 1.807) is 7.11 Å². The third-order valence-electron chi connectivity index (χ3n) is 5.22. The van der Waals surface area contributed by atoms with Gasteiger partial charge in [-0.15, -0.1) is 0 Å². The minimum absolute atomic E-state index is 0.0470. The molecular weight excluding hydrogens is 370 g/mol. The molecule has 0 spiro atoms. The molecule has 1 atom stereocenters. The van der Waals surface area contributed by atoms with E-state index in [0.717, 1.165) is 42.5 Å². The molecule has 154 valence electrons. The van der Waals surface area contributed by atoms with Crippen molar-refractivity contribution >= 4 is 23.5 Å². The van der Waals surface area contributed by atoms with Crippen molar-refractivity contribution in [1.29, 1.82) is 0 Å². The summed E-state index contributed by atoms with van der Waals surface area (Å²) in [5.41, 5.74) is 5.83. The van der Waals surface area contributed by atoms with Crippen molar-refractivity contribution in [2.24, 2.45) is 0 Å². The SMILES string of the molecule is COc1ccc(CN2CCC3NN(C)c4nc(NCCNC(C)=O)nc2c43)cc1. The molecule has 0 saturated heterocycles. The van der Waals surface area contributed by atoms with Crippen LogP contribution in [-0.4, -0.2) is 49.7 Å². The second kappa shape index (κ2) is 8.12. The predicted molar refractivity (Wildman–Crippen MR) is 112 cm³/mol. The van der Waals surface area contributed by atoms with E-state index in [0.29, 0.717) is 19.0 Å². The summed E-state index contributed by atoms with van der Waals surface area (Å²) in [4.78, 5) is 22.9. The average molecular weight is 397 g/mol. The predicted octanol–water partition coefficient (Wildman–Crippen LogP) is 1.44. The number of carbonyl (C=O) groups excluding carboxylic acids is 1. The zero-order valence-corrected chi connectivity index (χ0v) is 17.0. The van der Waals surface area contributed by atoms with Gasteiger partial charge in [-0.1, -0.05) is 12.1 Å². The highest BCUT2D eigenvalue weighted by atomic mass is 16.5. The molecule has 2 aliphatic heterocycles. The number of amides is 1. The molecule has 9 heteroatoms. The van der Waals surface area contributed by atoms with Gasteiger partial charge in [-0.05, 0) is 24.1 Å². The standard InChI is InChI=1S/C20H27N7O2/c1-13(28)21-9-10-22-20-23-18-17-16(25-26(18)2)8-11-27(19(17)24-20)12-14-4-6-15(29-3)7-5-14/h4-7,16,25H,8-12H2,1-3H3,(H,21,28)(H,22,23,24). The van der Waals surface area contributed by atoms with Crippen LogP contribution in [0.25, 0.3) is 0 Å². The van der Waals surface area contributed by atoms with Crippen molar-refractivity contribution < 1.29 is 9.53 Å². The number of nitrogens with zero attached hydrogens (tertiary/aromatic N) is 4. The largest absolute Gasteiger partial charge is 0.497 e. The van der Waals surface area contributed by atoms with Gasteiger partial charge in [0.2, 0.25) is 11.9 Å². The molecule has 0 aliphatic carbocycles. The van der Waals surface area contributed by atoms with Crippen LogP contribution in [0.4, 0.5) is 17.6 Å². The van der Waals surface area contributed by atoms with E-state index in [1.807, 2.05) is 24.2 Å². The molecular formula is C20H27N7O2. The van der Waals surface area contributed by atoms with Crippen LogP contribution >= 0.6 is 0 Å². The first-order valence-electron chi connectivity index (χ1n) is 9.83. The minimum atomic E-state index is -0.0470. The molecule has 3 heterocycles. The fraction of sp³-hybridized carbons (Fsp3) is 0.450. The lowest BCUT2D eigenvalue weighted by molar-refractivity contribution is -0.118. The molecule has 1 unspecified atom stereocenters. The number of nitrogens with one attached hydrogen (secondary N) is 3. The van der Waals surface area contributed by atoms with Gasteiger partial charge in [-0.2, -0.15) is 9.97 Å². The number of hydrogen-bond donors (Lipinski definition) is 3. The van der Waals surface area contributed by atoms with Gasteiger partial charge in [0.05, 0.1) is 18.7 Å². The molecule has 1 aromatic carbocycles. The molecule has 9 nitrogen and oxygen atoms in total. The van der Waals surface area contributed by atoms with E-state index >= 15 is 0 Å². The maximum Gasteiger partial charge on any atom is 0.226 e. The zero-order chi connectivity index (χ0) is 20.4. The second-order valence-electron chi connectivity index (χ2n) is 7.32. The Bertz CT molecular complexity index is 887. The summed E-state index contributed by atoms with van der Waals surface area (Å²) in [6.07, 6.45) is 0.999.